The molecule has 0 radical (unpaired) electrons. The van der Waals surface area contributed by atoms with Gasteiger partial charge >= 0.3 is 0 Å². The molecule has 104 valence electrons. The summed E-state index contributed by atoms with van der Waals surface area (Å²) in [5.41, 5.74) is 9.21. The van der Waals surface area contributed by atoms with Crippen molar-refractivity contribution in [3.8, 4) is 0 Å². The van der Waals surface area contributed by atoms with Gasteiger partial charge in [-0.05, 0) is 6.42 Å². The van der Waals surface area contributed by atoms with Gasteiger partial charge < -0.3 is 11.1 Å². The standard InChI is InChI=1S/C10H18N7OP/c1-2-3-6-4-18-16-9(15-6)7(8(11)19)17-10(12)13-5-14-17/h5-6,11,15-16H,2-4,19H2,1H3,(H2,12,13,14)/b9-7+,11-8?. The summed E-state index contributed by atoms with van der Waals surface area (Å²) in [7, 11) is 2.32. The molecule has 2 unspecified atom stereocenters. The van der Waals surface area contributed by atoms with E-state index in [-0.39, 0.29) is 17.4 Å². The summed E-state index contributed by atoms with van der Waals surface area (Å²) < 4.78 is 1.39. The molecule has 5 N–H and O–H groups in total. The smallest absolute Gasteiger partial charge is 0.223 e. The van der Waals surface area contributed by atoms with Gasteiger partial charge in [0.25, 0.3) is 0 Å². The van der Waals surface area contributed by atoms with Gasteiger partial charge in [-0.2, -0.15) is 14.8 Å². The summed E-state index contributed by atoms with van der Waals surface area (Å²) in [6, 6.07) is 0.199. The zero-order chi connectivity index (χ0) is 13.8. The Kier molecular flexibility index (Phi) is 4.34. The highest BCUT2D eigenvalue weighted by atomic mass is 31.0. The fourth-order valence-electron chi connectivity index (χ4n) is 1.89. The summed E-state index contributed by atoms with van der Waals surface area (Å²) in [4.78, 5) is 9.20. The summed E-state index contributed by atoms with van der Waals surface area (Å²) >= 11 is 0. The van der Waals surface area contributed by atoms with E-state index in [1.807, 2.05) is 0 Å². The number of anilines is 1. The Bertz CT molecular complexity index is 496. The Morgan fingerprint density at radius 1 is 1.74 bits per heavy atom. The van der Waals surface area contributed by atoms with Crippen LogP contribution < -0.4 is 16.5 Å². The number of hydrogen-bond donors (Lipinski definition) is 4. The lowest BCUT2D eigenvalue weighted by Gasteiger charge is -2.29. The van der Waals surface area contributed by atoms with E-state index in [2.05, 4.69) is 37.0 Å². The second-order valence-electron chi connectivity index (χ2n) is 4.21. The number of aromatic nitrogens is 3. The summed E-state index contributed by atoms with van der Waals surface area (Å²) in [5.74, 6) is 0.790. The van der Waals surface area contributed by atoms with Gasteiger partial charge in [-0.3, -0.25) is 10.2 Å². The predicted octanol–water partition coefficient (Wildman–Crippen LogP) is 0.132. The van der Waals surface area contributed by atoms with E-state index in [0.29, 0.717) is 18.1 Å². The maximum atomic E-state index is 7.85. The van der Waals surface area contributed by atoms with Crippen LogP contribution in [0.3, 0.4) is 0 Å². The van der Waals surface area contributed by atoms with Crippen molar-refractivity contribution in [1.82, 2.24) is 25.6 Å². The first-order chi connectivity index (χ1) is 9.13. The number of nitrogens with one attached hydrogen (secondary N) is 3. The fraction of sp³-hybridized carbons (Fsp3) is 0.500. The second-order valence-corrected chi connectivity index (χ2v) is 4.79. The molecule has 0 aromatic carbocycles. The van der Waals surface area contributed by atoms with Crippen LogP contribution in [0.2, 0.25) is 0 Å². The second kappa shape index (κ2) is 5.99. The quantitative estimate of drug-likeness (QED) is 0.461. The highest BCUT2D eigenvalue weighted by molar-refractivity contribution is 7.43. The van der Waals surface area contributed by atoms with Gasteiger partial charge in [-0.25, -0.2) is 5.48 Å². The monoisotopic (exact) mass is 283 g/mol. The molecule has 1 saturated heterocycles. The van der Waals surface area contributed by atoms with E-state index in [4.69, 9.17) is 16.0 Å². The van der Waals surface area contributed by atoms with Crippen molar-refractivity contribution < 1.29 is 4.84 Å². The molecule has 0 bridgehead atoms. The van der Waals surface area contributed by atoms with Crippen LogP contribution in [0.25, 0.3) is 5.70 Å². The zero-order valence-corrected chi connectivity index (χ0v) is 11.8. The van der Waals surface area contributed by atoms with Crippen LogP contribution in [0, 0.1) is 5.41 Å². The van der Waals surface area contributed by atoms with Gasteiger partial charge in [-0.15, -0.1) is 0 Å². The predicted molar refractivity (Wildman–Crippen MR) is 76.0 cm³/mol. The maximum absolute atomic E-state index is 7.85. The molecule has 19 heavy (non-hydrogen) atoms. The molecule has 8 nitrogen and oxygen atoms in total. The normalized spacial score (nSPS) is 21.5. The molecule has 1 fully saturated rings. The van der Waals surface area contributed by atoms with Gasteiger partial charge in [0.15, 0.2) is 5.82 Å². The van der Waals surface area contributed by atoms with Gasteiger partial charge in [0, 0.05) is 0 Å². The van der Waals surface area contributed by atoms with Crippen molar-refractivity contribution in [3.63, 3.8) is 0 Å². The molecule has 1 aliphatic heterocycles. The molecule has 2 atom stereocenters. The Hall–Kier alpha value is -1.66. The van der Waals surface area contributed by atoms with Crippen molar-refractivity contribution in [2.24, 2.45) is 0 Å². The van der Waals surface area contributed by atoms with Crippen LogP contribution in [0.1, 0.15) is 19.8 Å². The van der Waals surface area contributed by atoms with E-state index in [1.165, 1.54) is 11.0 Å². The van der Waals surface area contributed by atoms with E-state index in [0.717, 1.165) is 12.8 Å². The molecular weight excluding hydrogens is 265 g/mol. The topological polar surface area (TPSA) is 114 Å². The van der Waals surface area contributed by atoms with Crippen molar-refractivity contribution in [1.29, 1.82) is 5.41 Å². The average Bonchev–Trinajstić information content (AvgIpc) is 2.77. The molecule has 1 aliphatic rings. The van der Waals surface area contributed by atoms with Crippen LogP contribution in [-0.2, 0) is 4.84 Å². The molecule has 1 aromatic heterocycles. The van der Waals surface area contributed by atoms with Gasteiger partial charge in [0.1, 0.15) is 12.0 Å². The minimum atomic E-state index is 0.199. The lowest BCUT2D eigenvalue weighted by Crippen LogP contribution is -2.46. The highest BCUT2D eigenvalue weighted by Gasteiger charge is 2.22. The number of allylic oxidation sites excluding steroid dienone is 1. The molecule has 0 spiro atoms. The van der Waals surface area contributed by atoms with E-state index in [1.54, 1.807) is 0 Å². The lowest BCUT2D eigenvalue weighted by atomic mass is 10.2. The van der Waals surface area contributed by atoms with E-state index >= 15 is 0 Å². The number of nitrogens with two attached hydrogens (primary N) is 1. The third kappa shape index (κ3) is 3.02. The first-order valence-corrected chi connectivity index (χ1v) is 6.60. The van der Waals surface area contributed by atoms with Crippen LogP contribution in [0.4, 0.5) is 5.95 Å². The zero-order valence-electron chi connectivity index (χ0n) is 10.7. The Morgan fingerprint density at radius 3 is 3.11 bits per heavy atom. The van der Waals surface area contributed by atoms with Gasteiger partial charge in [0.2, 0.25) is 5.95 Å². The molecule has 1 aromatic rings. The number of rotatable bonds is 4. The number of nitrogen functional groups attached to an aromatic ring is 1. The van der Waals surface area contributed by atoms with E-state index < -0.39 is 0 Å². The molecule has 0 aliphatic carbocycles. The first-order valence-electron chi connectivity index (χ1n) is 6.02. The van der Waals surface area contributed by atoms with E-state index in [9.17, 15) is 0 Å². The number of nitrogens with zero attached hydrogens (tertiary/aromatic N) is 3. The summed E-state index contributed by atoms with van der Waals surface area (Å²) in [5, 5.41) is 15.2. The van der Waals surface area contributed by atoms with Crippen LogP contribution in [0.15, 0.2) is 12.1 Å². The molecule has 9 heteroatoms. The van der Waals surface area contributed by atoms with Crippen LogP contribution in [0.5, 0.6) is 0 Å². The van der Waals surface area contributed by atoms with Crippen molar-refractivity contribution in [2.75, 3.05) is 12.3 Å². The first kappa shape index (κ1) is 13.8. The maximum Gasteiger partial charge on any atom is 0.223 e. The Morgan fingerprint density at radius 2 is 2.53 bits per heavy atom. The number of hydroxylamine groups is 1. The Balaban J connectivity index is 2.34. The van der Waals surface area contributed by atoms with Crippen molar-refractivity contribution >= 4 is 26.3 Å². The lowest BCUT2D eigenvalue weighted by molar-refractivity contribution is 0.0129. The largest absolute Gasteiger partial charge is 0.368 e. The van der Waals surface area contributed by atoms with Gasteiger partial charge in [-0.1, -0.05) is 22.6 Å². The molecular formula is C10H18N7OP. The minimum absolute atomic E-state index is 0.199. The van der Waals surface area contributed by atoms with Crippen LogP contribution >= 0.6 is 9.24 Å². The van der Waals surface area contributed by atoms with Crippen molar-refractivity contribution in [3.05, 3.63) is 12.1 Å². The Labute approximate surface area is 113 Å². The van der Waals surface area contributed by atoms with Gasteiger partial charge in [0.05, 0.1) is 18.1 Å². The fourth-order valence-corrected chi connectivity index (χ4v) is 2.15. The minimum Gasteiger partial charge on any atom is -0.368 e. The highest BCUT2D eigenvalue weighted by Crippen LogP contribution is 2.17. The SMILES string of the molecule is CCCC1CON/C(=C(\C(=N)P)n2ncnc2N)N1. The molecule has 2 rings (SSSR count). The summed E-state index contributed by atoms with van der Waals surface area (Å²) in [6.07, 6.45) is 3.37. The van der Waals surface area contributed by atoms with Crippen LogP contribution in [-0.4, -0.2) is 32.9 Å². The molecule has 0 amide bonds. The third-order valence-corrected chi connectivity index (χ3v) is 3.00. The average molecular weight is 283 g/mol. The molecule has 2 heterocycles. The molecule has 0 saturated carbocycles. The summed E-state index contributed by atoms with van der Waals surface area (Å²) in [6.45, 7) is 2.68. The number of hydrogen-bond acceptors (Lipinski definition) is 7. The van der Waals surface area contributed by atoms with Crippen molar-refractivity contribution in [2.45, 2.75) is 25.8 Å². The third-order valence-electron chi connectivity index (χ3n) is 2.72.